The normalized spacial score (nSPS) is 24.2. The van der Waals surface area contributed by atoms with Gasteiger partial charge in [-0.1, -0.05) is 0 Å². The second-order valence-electron chi connectivity index (χ2n) is 6.82. The number of benzene rings is 1. The first kappa shape index (κ1) is 18.7. The van der Waals surface area contributed by atoms with Crippen LogP contribution in [0.25, 0.3) is 0 Å². The molecule has 4 rings (SSSR count). The third kappa shape index (κ3) is 3.43. The number of hydrogen-bond donors (Lipinski definition) is 1. The van der Waals surface area contributed by atoms with Gasteiger partial charge in [0.2, 0.25) is 0 Å². The van der Waals surface area contributed by atoms with Gasteiger partial charge in [-0.15, -0.1) is 12.4 Å². The molecule has 3 aliphatic heterocycles. The number of amides is 1. The quantitative estimate of drug-likeness (QED) is 0.618. The molecule has 3 heterocycles. The number of carbonyl (C=O) groups excluding carboxylic acids is 1. The maximum Gasteiger partial charge on any atom is 0.286 e. The summed E-state index contributed by atoms with van der Waals surface area (Å²) in [4.78, 5) is 25.7. The Kier molecular flexibility index (Phi) is 5.52. The van der Waals surface area contributed by atoms with Crippen molar-refractivity contribution in [2.75, 3.05) is 39.4 Å². The highest BCUT2D eigenvalue weighted by Gasteiger charge is 2.34. The van der Waals surface area contributed by atoms with E-state index in [0.717, 1.165) is 25.9 Å². The lowest BCUT2D eigenvalue weighted by molar-refractivity contribution is -0.385. The highest BCUT2D eigenvalue weighted by atomic mass is 35.5. The van der Waals surface area contributed by atoms with Crippen LogP contribution in [-0.2, 0) is 0 Å². The predicted octanol–water partition coefficient (Wildman–Crippen LogP) is 1.86. The standard InChI is InChI=1S/C17H21N3O5.ClH/c21-17(19-3-1-11-9-18-10-12(11)2-4-19)13-7-15-16(25-6-5-24-15)8-14(13)20(22)23;/h7-8,11-12,18H,1-6,9-10H2;1H/t11-,12+;. The molecule has 142 valence electrons. The number of fused-ring (bicyclic) bond motifs is 2. The van der Waals surface area contributed by atoms with Crippen LogP contribution >= 0.6 is 12.4 Å². The topological polar surface area (TPSA) is 93.9 Å². The summed E-state index contributed by atoms with van der Waals surface area (Å²) in [5.74, 6) is 1.61. The summed E-state index contributed by atoms with van der Waals surface area (Å²) in [5, 5.41) is 14.9. The van der Waals surface area contributed by atoms with Crippen molar-refractivity contribution in [2.24, 2.45) is 11.8 Å². The zero-order chi connectivity index (χ0) is 17.4. The molecule has 3 aliphatic rings. The minimum atomic E-state index is -0.526. The summed E-state index contributed by atoms with van der Waals surface area (Å²) in [6.07, 6.45) is 1.86. The molecule has 0 aromatic heterocycles. The van der Waals surface area contributed by atoms with Gasteiger partial charge in [0.1, 0.15) is 18.8 Å². The molecule has 8 nitrogen and oxygen atoms in total. The van der Waals surface area contributed by atoms with Gasteiger partial charge in [-0.2, -0.15) is 0 Å². The van der Waals surface area contributed by atoms with E-state index in [0.29, 0.717) is 49.6 Å². The maximum absolute atomic E-state index is 13.0. The molecule has 0 spiro atoms. The molecule has 0 saturated carbocycles. The average molecular weight is 384 g/mol. The first-order valence-corrected chi connectivity index (χ1v) is 8.71. The summed E-state index contributed by atoms with van der Waals surface area (Å²) < 4.78 is 10.9. The Bertz CT molecular complexity index is 700. The van der Waals surface area contributed by atoms with E-state index in [2.05, 4.69) is 5.32 Å². The summed E-state index contributed by atoms with van der Waals surface area (Å²) in [5.41, 5.74) is -0.139. The maximum atomic E-state index is 13.0. The summed E-state index contributed by atoms with van der Waals surface area (Å²) in [7, 11) is 0. The Balaban J connectivity index is 0.00000196. The molecule has 0 unspecified atom stereocenters. The monoisotopic (exact) mass is 383 g/mol. The van der Waals surface area contributed by atoms with E-state index in [9.17, 15) is 14.9 Å². The van der Waals surface area contributed by atoms with Gasteiger partial charge in [0.05, 0.1) is 11.0 Å². The fourth-order valence-corrected chi connectivity index (χ4v) is 3.99. The van der Waals surface area contributed by atoms with Crippen LogP contribution in [0.3, 0.4) is 0 Å². The first-order chi connectivity index (χ1) is 12.1. The van der Waals surface area contributed by atoms with Crippen molar-refractivity contribution in [3.63, 3.8) is 0 Å². The zero-order valence-corrected chi connectivity index (χ0v) is 15.1. The lowest BCUT2D eigenvalue weighted by Crippen LogP contribution is -2.33. The van der Waals surface area contributed by atoms with E-state index < -0.39 is 4.92 Å². The smallest absolute Gasteiger partial charge is 0.286 e. The van der Waals surface area contributed by atoms with Gasteiger partial charge < -0.3 is 19.7 Å². The van der Waals surface area contributed by atoms with E-state index >= 15 is 0 Å². The van der Waals surface area contributed by atoms with E-state index in [1.54, 1.807) is 4.90 Å². The van der Waals surface area contributed by atoms with Crippen molar-refractivity contribution in [2.45, 2.75) is 12.8 Å². The van der Waals surface area contributed by atoms with E-state index in [4.69, 9.17) is 9.47 Å². The van der Waals surface area contributed by atoms with E-state index in [1.165, 1.54) is 12.1 Å². The zero-order valence-electron chi connectivity index (χ0n) is 14.3. The molecule has 2 fully saturated rings. The number of nitro groups is 1. The number of ether oxygens (including phenoxy) is 2. The van der Waals surface area contributed by atoms with Crippen molar-refractivity contribution in [3.05, 3.63) is 27.8 Å². The molecular weight excluding hydrogens is 362 g/mol. The van der Waals surface area contributed by atoms with Crippen molar-refractivity contribution in [1.29, 1.82) is 0 Å². The second-order valence-corrected chi connectivity index (χ2v) is 6.82. The first-order valence-electron chi connectivity index (χ1n) is 8.71. The molecular formula is C17H22ClN3O5. The van der Waals surface area contributed by atoms with Gasteiger partial charge in [0.15, 0.2) is 11.5 Å². The molecule has 0 bridgehead atoms. The number of nitrogens with one attached hydrogen (secondary N) is 1. The van der Waals surface area contributed by atoms with Crippen molar-refractivity contribution >= 4 is 24.0 Å². The van der Waals surface area contributed by atoms with E-state index in [1.807, 2.05) is 0 Å². The SMILES string of the molecule is Cl.O=C(c1cc2c(cc1[N+](=O)[O-])OCCO2)N1CC[C@@H]2CNC[C@@H]2CC1. The molecule has 0 aliphatic carbocycles. The van der Waals surface area contributed by atoms with Gasteiger partial charge in [-0.25, -0.2) is 0 Å². The minimum Gasteiger partial charge on any atom is -0.486 e. The molecule has 2 atom stereocenters. The van der Waals surface area contributed by atoms with Gasteiger partial charge in [-0.05, 0) is 37.8 Å². The predicted molar refractivity (Wildman–Crippen MR) is 96.3 cm³/mol. The largest absolute Gasteiger partial charge is 0.486 e. The summed E-state index contributed by atoms with van der Waals surface area (Å²) in [6.45, 7) is 3.98. The number of likely N-dealkylation sites (tertiary alicyclic amines) is 1. The lowest BCUT2D eigenvalue weighted by atomic mass is 9.92. The van der Waals surface area contributed by atoms with Crippen LogP contribution in [0.1, 0.15) is 23.2 Å². The average Bonchev–Trinajstić information content (AvgIpc) is 2.98. The molecule has 1 aromatic rings. The Hall–Kier alpha value is -2.06. The molecule has 2 saturated heterocycles. The third-order valence-corrected chi connectivity index (χ3v) is 5.39. The van der Waals surface area contributed by atoms with Crippen LogP contribution in [0.4, 0.5) is 5.69 Å². The van der Waals surface area contributed by atoms with Gasteiger partial charge in [0.25, 0.3) is 11.6 Å². The Labute approximate surface area is 157 Å². The number of halogens is 1. The number of rotatable bonds is 2. The van der Waals surface area contributed by atoms with Crippen LogP contribution in [-0.4, -0.2) is 55.1 Å². The Morgan fingerprint density at radius 3 is 2.27 bits per heavy atom. The van der Waals surface area contributed by atoms with Crippen LogP contribution in [0.2, 0.25) is 0 Å². The van der Waals surface area contributed by atoms with E-state index in [-0.39, 0.29) is 29.6 Å². The minimum absolute atomic E-state index is 0. The van der Waals surface area contributed by atoms with Gasteiger partial charge in [0, 0.05) is 19.2 Å². The number of nitrogens with zero attached hydrogens (tertiary/aromatic N) is 2. The van der Waals surface area contributed by atoms with Gasteiger partial charge >= 0.3 is 0 Å². The molecule has 1 N–H and O–H groups in total. The fraction of sp³-hybridized carbons (Fsp3) is 0.588. The van der Waals surface area contributed by atoms with Crippen molar-refractivity contribution in [3.8, 4) is 11.5 Å². The lowest BCUT2D eigenvalue weighted by Gasteiger charge is -2.23. The molecule has 9 heteroatoms. The van der Waals surface area contributed by atoms with Crippen LogP contribution < -0.4 is 14.8 Å². The molecule has 26 heavy (non-hydrogen) atoms. The summed E-state index contributed by atoms with van der Waals surface area (Å²) >= 11 is 0. The number of nitro benzene ring substituents is 1. The van der Waals surface area contributed by atoms with Crippen LogP contribution in [0.15, 0.2) is 12.1 Å². The van der Waals surface area contributed by atoms with Crippen LogP contribution in [0, 0.1) is 22.0 Å². The number of hydrogen-bond acceptors (Lipinski definition) is 6. The highest BCUT2D eigenvalue weighted by molar-refractivity contribution is 5.99. The highest BCUT2D eigenvalue weighted by Crippen LogP contribution is 2.37. The van der Waals surface area contributed by atoms with Crippen LogP contribution in [0.5, 0.6) is 11.5 Å². The van der Waals surface area contributed by atoms with Crippen molar-refractivity contribution < 1.29 is 19.2 Å². The van der Waals surface area contributed by atoms with Gasteiger partial charge in [-0.3, -0.25) is 14.9 Å². The molecule has 0 radical (unpaired) electrons. The molecule has 1 aromatic carbocycles. The molecule has 1 amide bonds. The third-order valence-electron chi connectivity index (χ3n) is 5.39. The van der Waals surface area contributed by atoms with Crippen molar-refractivity contribution in [1.82, 2.24) is 10.2 Å². The summed E-state index contributed by atoms with van der Waals surface area (Å²) in [6, 6.07) is 2.76. The fourth-order valence-electron chi connectivity index (χ4n) is 3.99. The Morgan fingerprint density at radius 1 is 1.12 bits per heavy atom. The second kappa shape index (κ2) is 7.67. The number of carbonyl (C=O) groups is 1. The Morgan fingerprint density at radius 2 is 1.69 bits per heavy atom.